The molecule has 2 nitrogen and oxygen atoms in total. The van der Waals surface area contributed by atoms with Gasteiger partial charge in [-0.3, -0.25) is 0 Å². The second-order valence-corrected chi connectivity index (χ2v) is 5.67. The quantitative estimate of drug-likeness (QED) is 0.622. The molecule has 2 heteroatoms. The Morgan fingerprint density at radius 2 is 1.76 bits per heavy atom. The summed E-state index contributed by atoms with van der Waals surface area (Å²) in [5.41, 5.74) is 3.90. The van der Waals surface area contributed by atoms with E-state index in [1.807, 2.05) is 30.3 Å². The van der Waals surface area contributed by atoms with E-state index >= 15 is 0 Å². The summed E-state index contributed by atoms with van der Waals surface area (Å²) in [4.78, 5) is 12.4. The summed E-state index contributed by atoms with van der Waals surface area (Å²) < 4.78 is 5.51. The Bertz CT molecular complexity index is 861. The molecular weight excluding hydrogens is 260 g/mol. The van der Waals surface area contributed by atoms with Crippen LogP contribution in [0.3, 0.4) is 0 Å². The molecule has 104 valence electrons. The molecule has 0 fully saturated rings. The van der Waals surface area contributed by atoms with Crippen molar-refractivity contribution in [3.63, 3.8) is 0 Å². The zero-order valence-electron chi connectivity index (χ0n) is 11.7. The molecule has 1 heterocycles. The molecule has 0 saturated heterocycles. The van der Waals surface area contributed by atoms with E-state index in [4.69, 9.17) is 4.42 Å². The van der Waals surface area contributed by atoms with Crippen LogP contribution in [-0.4, -0.2) is 0 Å². The molecule has 0 aliphatic heterocycles. The van der Waals surface area contributed by atoms with Crippen LogP contribution in [0, 0.1) is 0 Å². The van der Waals surface area contributed by atoms with Gasteiger partial charge in [-0.05, 0) is 42.5 Å². The number of benzene rings is 2. The fourth-order valence-corrected chi connectivity index (χ4v) is 3.40. The Hall–Kier alpha value is -2.35. The summed E-state index contributed by atoms with van der Waals surface area (Å²) in [6.07, 6.45) is 3.24. The molecule has 1 aromatic heterocycles. The van der Waals surface area contributed by atoms with Crippen LogP contribution in [0.2, 0.25) is 0 Å². The third-order valence-electron chi connectivity index (χ3n) is 4.41. The Kier molecular flexibility index (Phi) is 2.88. The number of fused-ring (bicyclic) bond motifs is 2. The lowest BCUT2D eigenvalue weighted by molar-refractivity contribution is 0.528. The Morgan fingerprint density at radius 3 is 2.71 bits per heavy atom. The van der Waals surface area contributed by atoms with Gasteiger partial charge in [-0.25, -0.2) is 4.79 Å². The summed E-state index contributed by atoms with van der Waals surface area (Å²) in [5.74, 6) is 0.163. The highest BCUT2D eigenvalue weighted by atomic mass is 16.4. The lowest BCUT2D eigenvalue weighted by Gasteiger charge is -2.25. The molecule has 0 N–H and O–H groups in total. The summed E-state index contributed by atoms with van der Waals surface area (Å²) in [7, 11) is 0. The second-order valence-electron chi connectivity index (χ2n) is 5.67. The van der Waals surface area contributed by atoms with Gasteiger partial charge in [0.05, 0.1) is 0 Å². The lowest BCUT2D eigenvalue weighted by atomic mass is 9.79. The van der Waals surface area contributed by atoms with Crippen molar-refractivity contribution in [3.8, 4) is 0 Å². The molecule has 0 saturated carbocycles. The van der Waals surface area contributed by atoms with Crippen molar-refractivity contribution in [1.82, 2.24) is 0 Å². The number of rotatable bonds is 1. The molecule has 0 bridgehead atoms. The number of hydrogen-bond acceptors (Lipinski definition) is 2. The average Bonchev–Trinajstić information content (AvgIpc) is 2.54. The molecule has 3 aromatic rings. The van der Waals surface area contributed by atoms with Gasteiger partial charge < -0.3 is 4.42 Å². The Labute approximate surface area is 123 Å². The maximum absolute atomic E-state index is 12.4. The van der Waals surface area contributed by atoms with E-state index in [1.165, 1.54) is 11.1 Å². The van der Waals surface area contributed by atoms with E-state index < -0.39 is 0 Å². The second kappa shape index (κ2) is 4.88. The van der Waals surface area contributed by atoms with E-state index in [1.54, 1.807) is 0 Å². The molecule has 1 aliphatic carbocycles. The Balaban J connectivity index is 1.91. The minimum Gasteiger partial charge on any atom is -0.423 e. The van der Waals surface area contributed by atoms with Gasteiger partial charge in [0.2, 0.25) is 0 Å². The van der Waals surface area contributed by atoms with E-state index in [0.29, 0.717) is 5.58 Å². The van der Waals surface area contributed by atoms with Crippen LogP contribution < -0.4 is 5.63 Å². The van der Waals surface area contributed by atoms with E-state index in [2.05, 4.69) is 24.3 Å². The Morgan fingerprint density at radius 1 is 0.952 bits per heavy atom. The summed E-state index contributed by atoms with van der Waals surface area (Å²) in [6.45, 7) is 0. The van der Waals surface area contributed by atoms with Gasteiger partial charge in [0, 0.05) is 16.9 Å². The molecule has 2 aromatic carbocycles. The van der Waals surface area contributed by atoms with E-state index in [0.717, 1.165) is 30.2 Å². The number of hydrogen-bond donors (Lipinski definition) is 0. The highest BCUT2D eigenvalue weighted by Gasteiger charge is 2.24. The van der Waals surface area contributed by atoms with Crippen LogP contribution in [-0.2, 0) is 6.42 Å². The van der Waals surface area contributed by atoms with Crippen molar-refractivity contribution in [3.05, 3.63) is 81.7 Å². The topological polar surface area (TPSA) is 30.2 Å². The molecule has 4 rings (SSSR count). The molecule has 1 atom stereocenters. The SMILES string of the molecule is O=c1oc2ccccc2cc1C1CCCc2ccccc21. The van der Waals surface area contributed by atoms with Gasteiger partial charge in [0.1, 0.15) is 5.58 Å². The zero-order chi connectivity index (χ0) is 14.2. The molecule has 0 radical (unpaired) electrons. The molecule has 0 amide bonds. The van der Waals surface area contributed by atoms with E-state index in [-0.39, 0.29) is 11.5 Å². The minimum absolute atomic E-state index is 0.163. The normalized spacial score (nSPS) is 17.6. The number of para-hydroxylation sites is 1. The van der Waals surface area contributed by atoms with Crippen molar-refractivity contribution in [2.45, 2.75) is 25.2 Å². The van der Waals surface area contributed by atoms with Gasteiger partial charge in [-0.2, -0.15) is 0 Å². The summed E-state index contributed by atoms with van der Waals surface area (Å²) in [6, 6.07) is 18.2. The first-order chi connectivity index (χ1) is 10.3. The highest BCUT2D eigenvalue weighted by Crippen LogP contribution is 2.35. The maximum Gasteiger partial charge on any atom is 0.340 e. The predicted octanol–water partition coefficient (Wildman–Crippen LogP) is 4.26. The van der Waals surface area contributed by atoms with Crippen molar-refractivity contribution < 1.29 is 4.42 Å². The van der Waals surface area contributed by atoms with Gasteiger partial charge in [-0.1, -0.05) is 42.5 Å². The summed E-state index contributed by atoms with van der Waals surface area (Å²) >= 11 is 0. The molecule has 1 unspecified atom stereocenters. The summed E-state index contributed by atoms with van der Waals surface area (Å²) in [5, 5.41) is 0.996. The molecular formula is C19H16O2. The maximum atomic E-state index is 12.4. The minimum atomic E-state index is -0.199. The third kappa shape index (κ3) is 2.07. The van der Waals surface area contributed by atoms with Gasteiger partial charge in [0.25, 0.3) is 0 Å². The predicted molar refractivity (Wildman–Crippen MR) is 83.7 cm³/mol. The van der Waals surface area contributed by atoms with Crippen molar-refractivity contribution >= 4 is 11.0 Å². The van der Waals surface area contributed by atoms with Crippen LogP contribution in [0.15, 0.2) is 63.8 Å². The third-order valence-corrected chi connectivity index (χ3v) is 4.41. The smallest absolute Gasteiger partial charge is 0.340 e. The first kappa shape index (κ1) is 12.4. The van der Waals surface area contributed by atoms with Crippen LogP contribution >= 0.6 is 0 Å². The first-order valence-electron chi connectivity index (χ1n) is 7.43. The van der Waals surface area contributed by atoms with Crippen LogP contribution in [0.5, 0.6) is 0 Å². The van der Waals surface area contributed by atoms with Crippen molar-refractivity contribution in [2.24, 2.45) is 0 Å². The van der Waals surface area contributed by atoms with Crippen LogP contribution in [0.25, 0.3) is 11.0 Å². The number of aryl methyl sites for hydroxylation is 1. The fraction of sp³-hybridized carbons (Fsp3) is 0.211. The van der Waals surface area contributed by atoms with Crippen LogP contribution in [0.1, 0.15) is 35.4 Å². The molecule has 0 spiro atoms. The van der Waals surface area contributed by atoms with Crippen LogP contribution in [0.4, 0.5) is 0 Å². The van der Waals surface area contributed by atoms with Crippen molar-refractivity contribution in [2.75, 3.05) is 0 Å². The fourth-order valence-electron chi connectivity index (χ4n) is 3.40. The standard InChI is InChI=1S/C19H16O2/c20-19-17(12-14-7-2-4-11-18(14)21-19)16-10-5-8-13-6-1-3-9-15(13)16/h1-4,6-7,9,11-12,16H,5,8,10H2. The highest BCUT2D eigenvalue weighted by molar-refractivity contribution is 5.77. The largest absolute Gasteiger partial charge is 0.423 e. The van der Waals surface area contributed by atoms with Crippen molar-refractivity contribution in [1.29, 1.82) is 0 Å². The average molecular weight is 276 g/mol. The lowest BCUT2D eigenvalue weighted by Crippen LogP contribution is -2.18. The monoisotopic (exact) mass is 276 g/mol. The molecule has 21 heavy (non-hydrogen) atoms. The van der Waals surface area contributed by atoms with Gasteiger partial charge in [0.15, 0.2) is 0 Å². The van der Waals surface area contributed by atoms with Gasteiger partial charge >= 0.3 is 5.63 Å². The molecule has 1 aliphatic rings. The zero-order valence-corrected chi connectivity index (χ0v) is 11.7. The first-order valence-corrected chi connectivity index (χ1v) is 7.43. The van der Waals surface area contributed by atoms with Gasteiger partial charge in [-0.15, -0.1) is 0 Å². The van der Waals surface area contributed by atoms with E-state index in [9.17, 15) is 4.79 Å².